The van der Waals surface area contributed by atoms with E-state index >= 15 is 0 Å². The van der Waals surface area contributed by atoms with Crippen LogP contribution in [-0.2, 0) is 4.79 Å². The predicted octanol–water partition coefficient (Wildman–Crippen LogP) is 4.92. The third-order valence-corrected chi connectivity index (χ3v) is 9.67. The van der Waals surface area contributed by atoms with E-state index in [1.807, 2.05) is 30.3 Å². The molecule has 5 N–H and O–H groups in total. The summed E-state index contributed by atoms with van der Waals surface area (Å²) in [5, 5.41) is 12.2. The topological polar surface area (TPSA) is 130 Å². The van der Waals surface area contributed by atoms with Crippen molar-refractivity contribution in [2.45, 2.75) is 82.1 Å². The van der Waals surface area contributed by atoms with Crippen molar-refractivity contribution in [1.82, 2.24) is 0 Å². The Morgan fingerprint density at radius 1 is 0.879 bits per heavy atom. The molecule has 0 saturated heterocycles. The SMILES string of the molecule is N=NC1(C2CCC3CCCCC3C2)CCC2(CC1)C(=O)C(=NN)C(=NN)C2c1ccccc1. The van der Waals surface area contributed by atoms with Gasteiger partial charge in [-0.3, -0.25) is 4.79 Å². The Balaban J connectivity index is 1.44. The van der Waals surface area contributed by atoms with Gasteiger partial charge in [-0.15, -0.1) is 0 Å². The number of fused-ring (bicyclic) bond motifs is 1. The number of benzene rings is 1. The van der Waals surface area contributed by atoms with Crippen molar-refractivity contribution in [3.8, 4) is 0 Å². The molecule has 176 valence electrons. The van der Waals surface area contributed by atoms with Crippen LogP contribution in [0.3, 0.4) is 0 Å². The minimum Gasteiger partial charge on any atom is -0.323 e. The number of hydrazone groups is 2. The maximum Gasteiger partial charge on any atom is 0.192 e. The van der Waals surface area contributed by atoms with Gasteiger partial charge in [0.25, 0.3) is 0 Å². The summed E-state index contributed by atoms with van der Waals surface area (Å²) >= 11 is 0. The van der Waals surface area contributed by atoms with Crippen LogP contribution in [0, 0.1) is 28.7 Å². The van der Waals surface area contributed by atoms with Crippen LogP contribution in [0.5, 0.6) is 0 Å². The van der Waals surface area contributed by atoms with Crippen molar-refractivity contribution in [2.75, 3.05) is 0 Å². The minimum atomic E-state index is -0.659. The van der Waals surface area contributed by atoms with E-state index in [2.05, 4.69) is 15.3 Å². The second-order valence-electron chi connectivity index (χ2n) is 10.9. The first kappa shape index (κ1) is 22.2. The van der Waals surface area contributed by atoms with Gasteiger partial charge < -0.3 is 11.7 Å². The van der Waals surface area contributed by atoms with Gasteiger partial charge in [0.15, 0.2) is 11.5 Å². The van der Waals surface area contributed by atoms with Gasteiger partial charge in [-0.2, -0.15) is 15.3 Å². The molecule has 0 aromatic heterocycles. The van der Waals surface area contributed by atoms with Gasteiger partial charge in [-0.25, -0.2) is 5.53 Å². The smallest absolute Gasteiger partial charge is 0.192 e. The van der Waals surface area contributed by atoms with Gasteiger partial charge in [0, 0.05) is 11.3 Å². The van der Waals surface area contributed by atoms with E-state index in [0.717, 1.165) is 36.7 Å². The van der Waals surface area contributed by atoms with E-state index in [1.165, 1.54) is 38.5 Å². The number of nitrogens with two attached hydrogens (primary N) is 2. The molecule has 0 amide bonds. The second-order valence-corrected chi connectivity index (χ2v) is 10.9. The summed E-state index contributed by atoms with van der Waals surface area (Å²) in [6.07, 6.45) is 11.9. The van der Waals surface area contributed by atoms with Crippen molar-refractivity contribution >= 4 is 17.2 Å². The fraction of sp³-hybridized carbons (Fsp3) is 0.654. The predicted molar refractivity (Wildman–Crippen MR) is 129 cm³/mol. The van der Waals surface area contributed by atoms with E-state index in [-0.39, 0.29) is 23.0 Å². The largest absolute Gasteiger partial charge is 0.323 e. The van der Waals surface area contributed by atoms with Crippen LogP contribution in [0.2, 0.25) is 0 Å². The van der Waals surface area contributed by atoms with E-state index in [0.29, 0.717) is 24.5 Å². The quantitative estimate of drug-likeness (QED) is 0.344. The monoisotopic (exact) mass is 448 g/mol. The van der Waals surface area contributed by atoms with Crippen LogP contribution in [-0.4, -0.2) is 22.7 Å². The number of ketones is 1. The van der Waals surface area contributed by atoms with Crippen molar-refractivity contribution in [2.24, 2.45) is 50.2 Å². The molecular weight excluding hydrogens is 412 g/mol. The highest BCUT2D eigenvalue weighted by Gasteiger charge is 2.61. The number of rotatable bonds is 3. The van der Waals surface area contributed by atoms with Gasteiger partial charge in [0.2, 0.25) is 0 Å². The lowest BCUT2D eigenvalue weighted by Crippen LogP contribution is -2.48. The minimum absolute atomic E-state index is 0.0439. The Hall–Kier alpha value is -2.57. The molecule has 7 nitrogen and oxygen atoms in total. The summed E-state index contributed by atoms with van der Waals surface area (Å²) in [4.78, 5) is 13.7. The summed E-state index contributed by atoms with van der Waals surface area (Å²) in [7, 11) is 0. The highest BCUT2D eigenvalue weighted by atomic mass is 16.1. The van der Waals surface area contributed by atoms with Crippen LogP contribution in [0.4, 0.5) is 0 Å². The molecular formula is C26H36N6O. The molecule has 4 saturated carbocycles. The maximum atomic E-state index is 13.7. The first-order chi connectivity index (χ1) is 16.1. The van der Waals surface area contributed by atoms with Gasteiger partial charge in [0.1, 0.15) is 0 Å². The number of Topliss-reactive ketones (excluding diaryl/α,β-unsaturated/α-hetero) is 1. The molecule has 7 heteroatoms. The van der Waals surface area contributed by atoms with Crippen LogP contribution in [0.1, 0.15) is 82.1 Å². The lowest BCUT2D eigenvalue weighted by atomic mass is 9.55. The molecule has 4 fully saturated rings. The molecule has 0 radical (unpaired) electrons. The zero-order valence-corrected chi connectivity index (χ0v) is 19.4. The molecule has 5 rings (SSSR count). The summed E-state index contributed by atoms with van der Waals surface area (Å²) in [6, 6.07) is 10.00. The van der Waals surface area contributed by atoms with Gasteiger partial charge in [-0.1, -0.05) is 56.0 Å². The Labute approximate surface area is 196 Å². The average molecular weight is 449 g/mol. The fourth-order valence-electron chi connectivity index (χ4n) is 7.88. The zero-order valence-electron chi connectivity index (χ0n) is 19.4. The lowest BCUT2D eigenvalue weighted by molar-refractivity contribution is -0.124. The summed E-state index contributed by atoms with van der Waals surface area (Å²) in [5.74, 6) is 13.3. The van der Waals surface area contributed by atoms with Crippen LogP contribution in [0.15, 0.2) is 45.6 Å². The van der Waals surface area contributed by atoms with E-state index in [9.17, 15) is 4.79 Å². The van der Waals surface area contributed by atoms with E-state index in [1.54, 1.807) is 0 Å². The number of carbonyl (C=O) groups excluding carboxylic acids is 1. The third kappa shape index (κ3) is 3.42. The molecule has 1 aromatic carbocycles. The normalized spacial score (nSPS) is 41.4. The number of hydrogen-bond acceptors (Lipinski definition) is 7. The molecule has 4 aliphatic carbocycles. The summed E-state index contributed by atoms with van der Waals surface area (Å²) < 4.78 is 0. The van der Waals surface area contributed by atoms with Crippen molar-refractivity contribution in [1.29, 1.82) is 5.53 Å². The Bertz CT molecular complexity index is 962. The highest BCUT2D eigenvalue weighted by Crippen LogP contribution is 2.59. The van der Waals surface area contributed by atoms with Gasteiger partial charge >= 0.3 is 0 Å². The number of nitrogens with zero attached hydrogens (tertiary/aromatic N) is 3. The van der Waals surface area contributed by atoms with E-state index < -0.39 is 5.41 Å². The summed E-state index contributed by atoms with van der Waals surface area (Å²) in [5.41, 5.74) is 8.96. The maximum absolute atomic E-state index is 13.7. The lowest BCUT2D eigenvalue weighted by Gasteiger charge is -2.50. The number of hydrogen-bond donors (Lipinski definition) is 3. The van der Waals surface area contributed by atoms with Crippen molar-refractivity contribution in [3.63, 3.8) is 0 Å². The standard InChI is InChI=1S/C26H36N6O/c27-30-22-21(18-7-2-1-3-8-18)25(24(33)23(22)31-28)12-14-26(32-29,15-13-25)20-11-10-17-6-4-5-9-19(17)16-20/h1-3,7-8,17,19-21,29H,4-6,9-16,27-28H2. The molecule has 1 spiro atoms. The Kier molecular flexibility index (Phi) is 5.83. The van der Waals surface area contributed by atoms with Crippen LogP contribution < -0.4 is 11.7 Å². The summed E-state index contributed by atoms with van der Waals surface area (Å²) in [6.45, 7) is 0. The zero-order chi connectivity index (χ0) is 23.1. The Morgan fingerprint density at radius 2 is 1.58 bits per heavy atom. The number of carbonyl (C=O) groups is 1. The van der Waals surface area contributed by atoms with Crippen molar-refractivity contribution in [3.05, 3.63) is 35.9 Å². The first-order valence-electron chi connectivity index (χ1n) is 12.6. The van der Waals surface area contributed by atoms with Gasteiger partial charge in [-0.05, 0) is 68.3 Å². The van der Waals surface area contributed by atoms with Crippen LogP contribution >= 0.6 is 0 Å². The fourth-order valence-corrected chi connectivity index (χ4v) is 7.88. The molecule has 0 heterocycles. The third-order valence-electron chi connectivity index (χ3n) is 9.67. The molecule has 1 aromatic rings. The molecule has 0 aliphatic heterocycles. The average Bonchev–Trinajstić information content (AvgIpc) is 3.11. The second kappa shape index (κ2) is 8.65. The van der Waals surface area contributed by atoms with Crippen LogP contribution in [0.25, 0.3) is 0 Å². The Morgan fingerprint density at radius 3 is 2.21 bits per heavy atom. The molecule has 33 heavy (non-hydrogen) atoms. The molecule has 4 atom stereocenters. The van der Waals surface area contributed by atoms with E-state index in [4.69, 9.17) is 17.2 Å². The first-order valence-corrected chi connectivity index (χ1v) is 12.6. The number of nitrogens with one attached hydrogen (secondary N) is 1. The highest BCUT2D eigenvalue weighted by molar-refractivity contribution is 6.73. The molecule has 0 bridgehead atoms. The molecule has 4 aliphatic rings. The molecule has 4 unspecified atom stereocenters. The van der Waals surface area contributed by atoms with Crippen molar-refractivity contribution < 1.29 is 4.79 Å². The van der Waals surface area contributed by atoms with Gasteiger partial charge in [0.05, 0.1) is 11.3 Å².